The van der Waals surface area contributed by atoms with Crippen LogP contribution in [0.25, 0.3) is 0 Å². The molecular formula is C15H15F3N2O5. The Kier molecular flexibility index (Phi) is 5.52. The maximum Gasteiger partial charge on any atom is 0.436 e. The van der Waals surface area contributed by atoms with Crippen LogP contribution in [0.5, 0.6) is 0 Å². The third-order valence-corrected chi connectivity index (χ3v) is 3.16. The highest BCUT2D eigenvalue weighted by molar-refractivity contribution is 5.96. The average molecular weight is 360 g/mol. The molecule has 2 N–H and O–H groups in total. The number of carbonyl (C=O) groups is 2. The van der Waals surface area contributed by atoms with Gasteiger partial charge in [-0.25, -0.2) is 4.79 Å². The molecule has 25 heavy (non-hydrogen) atoms. The van der Waals surface area contributed by atoms with E-state index in [9.17, 15) is 22.8 Å². The molecule has 7 nitrogen and oxygen atoms in total. The minimum absolute atomic E-state index is 0.130. The van der Waals surface area contributed by atoms with Crippen molar-refractivity contribution in [3.63, 3.8) is 0 Å². The van der Waals surface area contributed by atoms with Crippen LogP contribution in [0.4, 0.5) is 13.2 Å². The van der Waals surface area contributed by atoms with Crippen molar-refractivity contribution >= 4 is 11.9 Å². The molecule has 0 aliphatic heterocycles. The van der Waals surface area contributed by atoms with Crippen molar-refractivity contribution in [1.82, 2.24) is 10.6 Å². The molecule has 0 bridgehead atoms. The lowest BCUT2D eigenvalue weighted by molar-refractivity contribution is -0.219. The zero-order valence-electron chi connectivity index (χ0n) is 13.1. The number of ether oxygens (including phenoxy) is 1. The molecule has 1 amide bonds. The molecule has 2 heterocycles. The predicted molar refractivity (Wildman–Crippen MR) is 77.1 cm³/mol. The smallest absolute Gasteiger partial charge is 0.436 e. The lowest BCUT2D eigenvalue weighted by Gasteiger charge is -2.34. The molecule has 0 spiro atoms. The van der Waals surface area contributed by atoms with Crippen molar-refractivity contribution in [1.29, 1.82) is 0 Å². The van der Waals surface area contributed by atoms with Crippen LogP contribution in [0, 0.1) is 0 Å². The van der Waals surface area contributed by atoms with Gasteiger partial charge in [0.1, 0.15) is 5.76 Å². The molecule has 2 rings (SSSR count). The van der Waals surface area contributed by atoms with Crippen LogP contribution < -0.4 is 10.6 Å². The van der Waals surface area contributed by atoms with Gasteiger partial charge in [-0.3, -0.25) is 10.1 Å². The first-order valence-electron chi connectivity index (χ1n) is 7.17. The number of carbonyl (C=O) groups excluding carboxylic acids is 2. The van der Waals surface area contributed by atoms with Crippen LogP contribution >= 0.6 is 0 Å². The van der Waals surface area contributed by atoms with E-state index in [4.69, 9.17) is 8.83 Å². The minimum Gasteiger partial charge on any atom is -0.468 e. The number of esters is 1. The van der Waals surface area contributed by atoms with Gasteiger partial charge in [0, 0.05) is 0 Å². The monoisotopic (exact) mass is 360 g/mol. The van der Waals surface area contributed by atoms with Gasteiger partial charge in [0.25, 0.3) is 11.6 Å². The van der Waals surface area contributed by atoms with Gasteiger partial charge in [-0.05, 0) is 31.2 Å². The summed E-state index contributed by atoms with van der Waals surface area (Å²) >= 11 is 0. The van der Waals surface area contributed by atoms with Crippen LogP contribution in [0.1, 0.15) is 23.2 Å². The Bertz CT molecular complexity index is 697. The minimum atomic E-state index is -5.20. The normalized spacial score (nSPS) is 13.9. The van der Waals surface area contributed by atoms with Crippen LogP contribution in [-0.2, 0) is 16.1 Å². The molecule has 10 heteroatoms. The topological polar surface area (TPSA) is 93.7 Å². The third-order valence-electron chi connectivity index (χ3n) is 3.16. The highest BCUT2D eigenvalue weighted by Gasteiger charge is 2.63. The quantitative estimate of drug-likeness (QED) is 0.581. The summed E-state index contributed by atoms with van der Waals surface area (Å²) in [7, 11) is 0. The average Bonchev–Trinajstić information content (AvgIpc) is 3.23. The van der Waals surface area contributed by atoms with Crippen molar-refractivity contribution in [2.24, 2.45) is 0 Å². The van der Waals surface area contributed by atoms with Crippen molar-refractivity contribution in [3.8, 4) is 0 Å². The Hall–Kier alpha value is -2.75. The van der Waals surface area contributed by atoms with E-state index in [0.717, 1.165) is 12.3 Å². The van der Waals surface area contributed by atoms with Crippen LogP contribution in [0.15, 0.2) is 45.6 Å². The lowest BCUT2D eigenvalue weighted by atomic mass is 10.1. The number of rotatable bonds is 7. The summed E-state index contributed by atoms with van der Waals surface area (Å²) in [5.74, 6) is -3.20. The molecule has 0 aliphatic carbocycles. The van der Waals surface area contributed by atoms with Crippen molar-refractivity contribution < 1.29 is 36.3 Å². The SMILES string of the molecule is CCOC(=O)[C@@](NCc1ccco1)(NC(=O)c1ccco1)C(F)(F)F. The van der Waals surface area contributed by atoms with Gasteiger partial charge in [-0.15, -0.1) is 0 Å². The predicted octanol–water partition coefficient (Wildman–Crippen LogP) is 2.21. The summed E-state index contributed by atoms with van der Waals surface area (Å²) in [6.45, 7) is 0.555. The molecule has 0 aliphatic rings. The number of amides is 1. The summed E-state index contributed by atoms with van der Waals surface area (Å²) in [5.41, 5.74) is -3.47. The Morgan fingerprint density at radius 1 is 1.16 bits per heavy atom. The molecule has 0 radical (unpaired) electrons. The second-order valence-electron chi connectivity index (χ2n) is 4.83. The molecule has 0 aromatic carbocycles. The first kappa shape index (κ1) is 18.6. The zero-order chi connectivity index (χ0) is 18.5. The van der Waals surface area contributed by atoms with Gasteiger partial charge in [-0.1, -0.05) is 0 Å². The highest BCUT2D eigenvalue weighted by Crippen LogP contribution is 2.30. The van der Waals surface area contributed by atoms with Crippen molar-refractivity contribution in [3.05, 3.63) is 48.3 Å². The van der Waals surface area contributed by atoms with Crippen molar-refractivity contribution in [2.75, 3.05) is 6.61 Å². The van der Waals surface area contributed by atoms with E-state index >= 15 is 0 Å². The standard InChI is InChI=1S/C15H15F3N2O5/c1-2-23-13(22)14(15(16,17)18,19-9-10-5-3-7-24-10)20-12(21)11-6-4-8-25-11/h3-8,19H,2,9H2,1H3,(H,20,21)/t14-/m1/s1. The maximum atomic E-state index is 13.7. The third kappa shape index (κ3) is 4.02. The molecule has 1 atom stereocenters. The fourth-order valence-corrected chi connectivity index (χ4v) is 1.97. The van der Waals surface area contributed by atoms with E-state index in [0.29, 0.717) is 0 Å². The van der Waals surface area contributed by atoms with E-state index in [-0.39, 0.29) is 12.4 Å². The second-order valence-corrected chi connectivity index (χ2v) is 4.83. The molecule has 0 unspecified atom stereocenters. The van der Waals surface area contributed by atoms with Gasteiger partial charge in [0.2, 0.25) is 0 Å². The summed E-state index contributed by atoms with van der Waals surface area (Å²) in [6, 6.07) is 5.37. The lowest BCUT2D eigenvalue weighted by Crippen LogP contribution is -2.72. The number of halogens is 3. The maximum absolute atomic E-state index is 13.7. The molecule has 2 aromatic heterocycles. The Labute approximate surface area is 140 Å². The largest absolute Gasteiger partial charge is 0.468 e. The molecule has 2 aromatic rings. The highest BCUT2D eigenvalue weighted by atomic mass is 19.4. The van der Waals surface area contributed by atoms with Gasteiger partial charge < -0.3 is 18.9 Å². The number of alkyl halides is 3. The van der Waals surface area contributed by atoms with Crippen LogP contribution in [0.2, 0.25) is 0 Å². The molecule has 0 saturated carbocycles. The van der Waals surface area contributed by atoms with E-state index < -0.39 is 36.0 Å². The number of hydrogen-bond donors (Lipinski definition) is 2. The summed E-state index contributed by atoms with van der Waals surface area (Å²) in [6.07, 6.45) is -2.82. The zero-order valence-corrected chi connectivity index (χ0v) is 13.1. The van der Waals surface area contributed by atoms with Gasteiger partial charge >= 0.3 is 12.1 Å². The van der Waals surface area contributed by atoms with E-state index in [1.54, 1.807) is 5.32 Å². The fraction of sp³-hybridized carbons (Fsp3) is 0.333. The fourth-order valence-electron chi connectivity index (χ4n) is 1.97. The molecule has 0 fully saturated rings. The van der Waals surface area contributed by atoms with Crippen LogP contribution in [0.3, 0.4) is 0 Å². The molecule has 0 saturated heterocycles. The summed E-state index contributed by atoms with van der Waals surface area (Å²) in [5, 5.41) is 3.62. The Balaban J connectivity index is 2.35. The number of nitrogens with one attached hydrogen (secondary N) is 2. The molecule has 136 valence electrons. The Morgan fingerprint density at radius 3 is 2.36 bits per heavy atom. The van der Waals surface area contributed by atoms with Gasteiger partial charge in [-0.2, -0.15) is 13.2 Å². The first-order valence-corrected chi connectivity index (χ1v) is 7.17. The van der Waals surface area contributed by atoms with Crippen molar-refractivity contribution in [2.45, 2.75) is 25.3 Å². The first-order chi connectivity index (χ1) is 11.8. The second kappa shape index (κ2) is 7.43. The van der Waals surface area contributed by atoms with E-state index in [2.05, 4.69) is 4.74 Å². The summed E-state index contributed by atoms with van der Waals surface area (Å²) < 4.78 is 55.5. The summed E-state index contributed by atoms with van der Waals surface area (Å²) in [4.78, 5) is 24.2. The van der Waals surface area contributed by atoms with E-state index in [1.807, 2.05) is 5.32 Å². The Morgan fingerprint density at radius 2 is 1.84 bits per heavy atom. The van der Waals surface area contributed by atoms with Gasteiger partial charge in [0.15, 0.2) is 5.76 Å². The number of furan rings is 2. The van der Waals surface area contributed by atoms with E-state index in [1.165, 1.54) is 31.4 Å². The van der Waals surface area contributed by atoms with Crippen LogP contribution in [-0.4, -0.2) is 30.3 Å². The molecular weight excluding hydrogens is 345 g/mol. The number of hydrogen-bond acceptors (Lipinski definition) is 6. The van der Waals surface area contributed by atoms with Gasteiger partial charge in [0.05, 0.1) is 25.7 Å².